The van der Waals surface area contributed by atoms with Crippen molar-refractivity contribution < 1.29 is 12.8 Å². The monoisotopic (exact) mass is 432 g/mol. The molecule has 3 nitrogen and oxygen atoms in total. The maximum absolute atomic E-state index is 13.7. The first-order chi connectivity index (χ1) is 13.4. The van der Waals surface area contributed by atoms with Gasteiger partial charge in [0.15, 0.2) is 9.84 Å². The van der Waals surface area contributed by atoms with Gasteiger partial charge in [-0.15, -0.1) is 0 Å². The minimum atomic E-state index is -3.47. The fourth-order valence-electron chi connectivity index (χ4n) is 3.71. The first-order valence-electron chi connectivity index (χ1n) is 10.4. The third kappa shape index (κ3) is 6.44. The van der Waals surface area contributed by atoms with Gasteiger partial charge in [0.2, 0.25) is 0 Å². The van der Waals surface area contributed by atoms with E-state index in [0.717, 1.165) is 34.9 Å². The summed E-state index contributed by atoms with van der Waals surface area (Å²) < 4.78 is 33.0. The summed E-state index contributed by atoms with van der Waals surface area (Å²) in [6.07, 6.45) is 3.05. The van der Waals surface area contributed by atoms with Crippen LogP contribution in [-0.4, -0.2) is 21.7 Å². The molecule has 0 aliphatic rings. The van der Waals surface area contributed by atoms with Crippen molar-refractivity contribution in [3.63, 3.8) is 0 Å². The number of benzene rings is 1. The predicted octanol–water partition coefficient (Wildman–Crippen LogP) is 6.99. The molecule has 2 aromatic rings. The second kappa shape index (κ2) is 9.48. The lowest BCUT2D eigenvalue weighted by Gasteiger charge is -2.28. The van der Waals surface area contributed by atoms with Gasteiger partial charge in [-0.3, -0.25) is 0 Å². The van der Waals surface area contributed by atoms with Crippen LogP contribution in [0.1, 0.15) is 50.9 Å². The summed E-state index contributed by atoms with van der Waals surface area (Å²) in [6.45, 7) is 15.1. The molecular formula is C24H36O3SSi. The first kappa shape index (κ1) is 23.7. The van der Waals surface area contributed by atoms with Crippen LogP contribution in [0.4, 0.5) is 0 Å². The van der Waals surface area contributed by atoms with Gasteiger partial charge in [0, 0.05) is 14.0 Å². The van der Waals surface area contributed by atoms with Crippen LogP contribution in [0.5, 0.6) is 0 Å². The van der Waals surface area contributed by atoms with Crippen molar-refractivity contribution in [2.75, 3.05) is 0 Å². The van der Waals surface area contributed by atoms with E-state index in [1.54, 1.807) is 18.4 Å². The summed E-state index contributed by atoms with van der Waals surface area (Å²) in [6, 6.07) is 12.0. The standard InChI is InChI=1S/C24H36O3SSi/c1-18(2)22(17-29(5,6)7)24(15-12-20(4)23-9-8-16-27-23)28(25,26)21-13-10-19(3)11-14-21/h8-11,13-14,16,20,24H,12,15,17H2,1-7H3. The number of allylic oxidation sites excluding steroid dienone is 1. The molecule has 0 amide bonds. The maximum Gasteiger partial charge on any atom is 0.185 e. The topological polar surface area (TPSA) is 47.3 Å². The lowest BCUT2D eigenvalue weighted by Crippen LogP contribution is -2.30. The van der Waals surface area contributed by atoms with Gasteiger partial charge in [0.1, 0.15) is 5.76 Å². The van der Waals surface area contributed by atoms with E-state index in [4.69, 9.17) is 4.42 Å². The Morgan fingerprint density at radius 2 is 1.66 bits per heavy atom. The number of hydrogen-bond donors (Lipinski definition) is 0. The number of furan rings is 1. The van der Waals surface area contributed by atoms with E-state index in [9.17, 15) is 8.42 Å². The van der Waals surface area contributed by atoms with Crippen LogP contribution < -0.4 is 0 Å². The molecule has 29 heavy (non-hydrogen) atoms. The van der Waals surface area contributed by atoms with Crippen LogP contribution in [0.25, 0.3) is 0 Å². The summed E-state index contributed by atoms with van der Waals surface area (Å²) >= 11 is 0. The molecule has 2 atom stereocenters. The molecule has 0 aliphatic heterocycles. The zero-order valence-electron chi connectivity index (χ0n) is 19.0. The average Bonchev–Trinajstić information content (AvgIpc) is 3.14. The smallest absolute Gasteiger partial charge is 0.185 e. The van der Waals surface area contributed by atoms with Gasteiger partial charge in [-0.25, -0.2) is 8.42 Å². The quantitative estimate of drug-likeness (QED) is 0.317. The fraction of sp³-hybridized carbons (Fsp3) is 0.500. The highest BCUT2D eigenvalue weighted by Gasteiger charge is 2.34. The second-order valence-electron chi connectivity index (χ2n) is 9.60. The molecule has 0 saturated heterocycles. The molecule has 0 aliphatic carbocycles. The molecule has 1 heterocycles. The molecule has 1 aromatic carbocycles. The molecule has 5 heteroatoms. The Morgan fingerprint density at radius 3 is 2.14 bits per heavy atom. The van der Waals surface area contributed by atoms with Gasteiger partial charge in [0.05, 0.1) is 16.4 Å². The average molecular weight is 433 g/mol. The largest absolute Gasteiger partial charge is 0.469 e. The van der Waals surface area contributed by atoms with Crippen molar-refractivity contribution in [2.45, 2.75) is 82.3 Å². The minimum absolute atomic E-state index is 0.186. The molecule has 0 saturated carbocycles. The zero-order valence-corrected chi connectivity index (χ0v) is 20.8. The van der Waals surface area contributed by atoms with E-state index in [2.05, 4.69) is 40.4 Å². The van der Waals surface area contributed by atoms with Crippen LogP contribution >= 0.6 is 0 Å². The molecule has 160 valence electrons. The summed E-state index contributed by atoms with van der Waals surface area (Å²) in [5, 5.41) is -0.487. The van der Waals surface area contributed by atoms with Crippen molar-refractivity contribution in [3.8, 4) is 0 Å². The summed E-state index contributed by atoms with van der Waals surface area (Å²) in [7, 11) is -4.95. The Morgan fingerprint density at radius 1 is 1.03 bits per heavy atom. The van der Waals surface area contributed by atoms with E-state index in [1.807, 2.05) is 31.2 Å². The number of aryl methyl sites for hydroxylation is 1. The van der Waals surface area contributed by atoms with Crippen molar-refractivity contribution in [2.24, 2.45) is 0 Å². The van der Waals surface area contributed by atoms with Gasteiger partial charge in [-0.1, -0.05) is 55.4 Å². The molecule has 0 bridgehead atoms. The number of hydrogen-bond acceptors (Lipinski definition) is 3. The Hall–Kier alpha value is -1.59. The number of rotatable bonds is 9. The lowest BCUT2D eigenvalue weighted by molar-refractivity contribution is 0.454. The van der Waals surface area contributed by atoms with E-state index < -0.39 is 23.2 Å². The first-order valence-corrected chi connectivity index (χ1v) is 15.7. The van der Waals surface area contributed by atoms with Crippen LogP contribution in [0.3, 0.4) is 0 Å². The molecular weight excluding hydrogens is 396 g/mol. The van der Waals surface area contributed by atoms with E-state index in [0.29, 0.717) is 11.3 Å². The van der Waals surface area contributed by atoms with Gasteiger partial charge in [-0.05, 0) is 63.9 Å². The van der Waals surface area contributed by atoms with Gasteiger partial charge >= 0.3 is 0 Å². The summed E-state index contributed by atoms with van der Waals surface area (Å²) in [4.78, 5) is 0.424. The van der Waals surface area contributed by atoms with Crippen LogP contribution in [0.15, 0.2) is 63.1 Å². The van der Waals surface area contributed by atoms with Crippen molar-refractivity contribution in [1.29, 1.82) is 0 Å². The van der Waals surface area contributed by atoms with Crippen molar-refractivity contribution >= 4 is 17.9 Å². The molecule has 0 spiro atoms. The molecule has 0 N–H and O–H groups in total. The van der Waals surface area contributed by atoms with Crippen molar-refractivity contribution in [3.05, 3.63) is 65.1 Å². The highest BCUT2D eigenvalue weighted by molar-refractivity contribution is 7.92. The molecule has 0 radical (unpaired) electrons. The molecule has 2 unspecified atom stereocenters. The predicted molar refractivity (Wildman–Crippen MR) is 125 cm³/mol. The van der Waals surface area contributed by atoms with E-state index >= 15 is 0 Å². The molecule has 1 aromatic heterocycles. The third-order valence-corrected chi connectivity index (χ3v) is 9.01. The van der Waals surface area contributed by atoms with Crippen LogP contribution in [0, 0.1) is 6.92 Å². The minimum Gasteiger partial charge on any atom is -0.469 e. The molecule has 2 rings (SSSR count). The Balaban J connectivity index is 2.43. The van der Waals surface area contributed by atoms with Gasteiger partial charge < -0.3 is 4.42 Å². The summed E-state index contributed by atoms with van der Waals surface area (Å²) in [5.41, 5.74) is 3.31. The maximum atomic E-state index is 13.7. The lowest BCUT2D eigenvalue weighted by atomic mass is 9.97. The zero-order chi connectivity index (χ0) is 21.8. The fourth-order valence-corrected chi connectivity index (χ4v) is 7.58. The van der Waals surface area contributed by atoms with E-state index in [-0.39, 0.29) is 5.92 Å². The summed E-state index contributed by atoms with van der Waals surface area (Å²) in [5.74, 6) is 1.10. The SMILES string of the molecule is CC(C)=C(C[Si](C)(C)C)C(CCC(C)c1ccco1)S(=O)(=O)c1ccc(C)cc1. The Kier molecular flexibility index (Phi) is 7.74. The Labute approximate surface area is 178 Å². The van der Waals surface area contributed by atoms with Crippen molar-refractivity contribution in [1.82, 2.24) is 0 Å². The number of sulfone groups is 1. The normalized spacial score (nSPS) is 14.4. The highest BCUT2D eigenvalue weighted by atomic mass is 32.2. The van der Waals surface area contributed by atoms with Crippen LogP contribution in [-0.2, 0) is 9.84 Å². The Bertz CT molecular complexity index is 914. The third-order valence-electron chi connectivity index (χ3n) is 5.37. The highest BCUT2D eigenvalue weighted by Crippen LogP contribution is 2.34. The molecule has 0 fully saturated rings. The van der Waals surface area contributed by atoms with Gasteiger partial charge in [-0.2, -0.15) is 0 Å². The van der Waals surface area contributed by atoms with Crippen LogP contribution in [0.2, 0.25) is 25.7 Å². The van der Waals surface area contributed by atoms with E-state index in [1.165, 1.54) is 0 Å². The second-order valence-corrected chi connectivity index (χ2v) is 17.2. The van der Waals surface area contributed by atoms with Gasteiger partial charge in [0.25, 0.3) is 0 Å².